The van der Waals surface area contributed by atoms with Crippen LogP contribution in [0.25, 0.3) is 0 Å². The highest BCUT2D eigenvalue weighted by Crippen LogP contribution is 2.41. The van der Waals surface area contributed by atoms with Gasteiger partial charge in [-0.25, -0.2) is 0 Å². The van der Waals surface area contributed by atoms with Gasteiger partial charge in [0.05, 0.1) is 6.26 Å². The maximum atomic E-state index is 11.1. The van der Waals surface area contributed by atoms with Gasteiger partial charge >= 0.3 is 0 Å². The molecule has 0 aliphatic heterocycles. The highest BCUT2D eigenvalue weighted by molar-refractivity contribution is 7.86. The van der Waals surface area contributed by atoms with Crippen molar-refractivity contribution in [2.75, 3.05) is 12.8 Å². The lowest BCUT2D eigenvalue weighted by Crippen LogP contribution is -2.40. The Kier molecular flexibility index (Phi) is 3.23. The molecule has 5 heteroatoms. The van der Waals surface area contributed by atoms with Crippen LogP contribution in [0.15, 0.2) is 0 Å². The smallest absolute Gasteiger partial charge is 0.264 e. The van der Waals surface area contributed by atoms with E-state index >= 15 is 0 Å². The van der Waals surface area contributed by atoms with E-state index in [0.29, 0.717) is 11.8 Å². The lowest BCUT2D eigenvalue weighted by molar-refractivity contribution is 0.0884. The molecule has 2 unspecified atom stereocenters. The number of hydrogen-bond acceptors (Lipinski definition) is 4. The van der Waals surface area contributed by atoms with Crippen LogP contribution in [0.4, 0.5) is 0 Å². The van der Waals surface area contributed by atoms with E-state index in [9.17, 15) is 8.42 Å². The molecule has 0 bridgehead atoms. The van der Waals surface area contributed by atoms with Crippen LogP contribution < -0.4 is 5.73 Å². The second-order valence-electron chi connectivity index (χ2n) is 4.54. The van der Waals surface area contributed by atoms with Crippen molar-refractivity contribution in [2.24, 2.45) is 17.6 Å². The van der Waals surface area contributed by atoms with Crippen molar-refractivity contribution in [3.05, 3.63) is 0 Å². The average molecular weight is 221 g/mol. The Labute approximate surface area is 85.9 Å². The zero-order chi connectivity index (χ0) is 11.0. The fourth-order valence-electron chi connectivity index (χ4n) is 2.25. The van der Waals surface area contributed by atoms with Crippen molar-refractivity contribution in [3.8, 4) is 0 Å². The van der Waals surface area contributed by atoms with Crippen molar-refractivity contribution < 1.29 is 12.6 Å². The van der Waals surface area contributed by atoms with Crippen molar-refractivity contribution in [1.29, 1.82) is 0 Å². The van der Waals surface area contributed by atoms with Gasteiger partial charge in [-0.3, -0.25) is 4.18 Å². The quantitative estimate of drug-likeness (QED) is 0.713. The maximum absolute atomic E-state index is 11.1. The molecule has 1 saturated carbocycles. The van der Waals surface area contributed by atoms with Gasteiger partial charge in [0.15, 0.2) is 0 Å². The number of hydrogen-bond donors (Lipinski definition) is 1. The van der Waals surface area contributed by atoms with Crippen molar-refractivity contribution in [2.45, 2.75) is 32.3 Å². The Balaban J connectivity index is 2.80. The van der Waals surface area contributed by atoms with Gasteiger partial charge in [-0.2, -0.15) is 8.42 Å². The van der Waals surface area contributed by atoms with Crippen LogP contribution in [0.5, 0.6) is 0 Å². The normalized spacial score (nSPS) is 38.9. The second-order valence-corrected chi connectivity index (χ2v) is 6.11. The first-order chi connectivity index (χ1) is 6.28. The van der Waals surface area contributed by atoms with E-state index in [1.54, 1.807) is 0 Å². The van der Waals surface area contributed by atoms with Gasteiger partial charge in [-0.05, 0) is 24.7 Å². The van der Waals surface area contributed by atoms with Crippen LogP contribution in [-0.4, -0.2) is 26.8 Å². The summed E-state index contributed by atoms with van der Waals surface area (Å²) in [5.41, 5.74) is 4.96. The van der Waals surface area contributed by atoms with Gasteiger partial charge < -0.3 is 5.73 Å². The SMILES string of the molecule is CC1CC(CN)(OS(C)(=O)=O)CC1C. The Bertz CT molecular complexity index is 289. The molecule has 1 rings (SSSR count). The monoisotopic (exact) mass is 221 g/mol. The van der Waals surface area contributed by atoms with Gasteiger partial charge in [0.25, 0.3) is 10.1 Å². The molecule has 0 heterocycles. The molecule has 0 radical (unpaired) electrons. The van der Waals surface area contributed by atoms with E-state index in [1.165, 1.54) is 0 Å². The van der Waals surface area contributed by atoms with E-state index < -0.39 is 15.7 Å². The van der Waals surface area contributed by atoms with Crippen LogP contribution >= 0.6 is 0 Å². The Morgan fingerprint density at radius 2 is 1.79 bits per heavy atom. The Hall–Kier alpha value is -0.130. The van der Waals surface area contributed by atoms with Gasteiger partial charge in [0, 0.05) is 6.54 Å². The fraction of sp³-hybridized carbons (Fsp3) is 1.00. The standard InChI is InChI=1S/C9H19NO3S/c1-7-4-9(6-10,5-8(7)2)13-14(3,11)12/h7-8H,4-6,10H2,1-3H3. The topological polar surface area (TPSA) is 69.4 Å². The molecule has 0 aromatic rings. The maximum Gasteiger partial charge on any atom is 0.264 e. The highest BCUT2D eigenvalue weighted by Gasteiger charge is 2.43. The molecule has 0 saturated heterocycles. The molecular weight excluding hydrogens is 202 g/mol. The zero-order valence-electron chi connectivity index (χ0n) is 8.99. The Morgan fingerprint density at radius 3 is 2.07 bits per heavy atom. The molecule has 1 aliphatic carbocycles. The summed E-state index contributed by atoms with van der Waals surface area (Å²) in [6.07, 6.45) is 2.55. The number of nitrogens with two attached hydrogens (primary N) is 1. The Morgan fingerprint density at radius 1 is 1.36 bits per heavy atom. The van der Waals surface area contributed by atoms with Crippen LogP contribution in [0, 0.1) is 11.8 Å². The van der Waals surface area contributed by atoms with E-state index in [0.717, 1.165) is 19.1 Å². The van der Waals surface area contributed by atoms with Crippen molar-refractivity contribution in [1.82, 2.24) is 0 Å². The third kappa shape index (κ3) is 2.68. The molecular formula is C9H19NO3S. The van der Waals surface area contributed by atoms with E-state index in [4.69, 9.17) is 9.92 Å². The molecule has 0 aromatic carbocycles. The molecule has 2 N–H and O–H groups in total. The molecule has 84 valence electrons. The molecule has 0 aromatic heterocycles. The lowest BCUT2D eigenvalue weighted by Gasteiger charge is -2.26. The second kappa shape index (κ2) is 3.79. The summed E-state index contributed by atoms with van der Waals surface area (Å²) in [5, 5.41) is 0. The van der Waals surface area contributed by atoms with Crippen molar-refractivity contribution in [3.63, 3.8) is 0 Å². The van der Waals surface area contributed by atoms with Crippen LogP contribution in [0.1, 0.15) is 26.7 Å². The zero-order valence-corrected chi connectivity index (χ0v) is 9.80. The van der Waals surface area contributed by atoms with E-state index in [2.05, 4.69) is 13.8 Å². The summed E-state index contributed by atoms with van der Waals surface area (Å²) in [6, 6.07) is 0. The summed E-state index contributed by atoms with van der Waals surface area (Å²) in [4.78, 5) is 0. The predicted octanol–water partition coefficient (Wildman–Crippen LogP) is 0.726. The number of rotatable bonds is 3. The summed E-state index contributed by atoms with van der Waals surface area (Å²) in [5.74, 6) is 0.945. The van der Waals surface area contributed by atoms with Crippen LogP contribution in [0.2, 0.25) is 0 Å². The minimum atomic E-state index is -3.40. The van der Waals surface area contributed by atoms with Gasteiger partial charge in [0.1, 0.15) is 5.60 Å². The van der Waals surface area contributed by atoms with Gasteiger partial charge in [-0.1, -0.05) is 13.8 Å². The first-order valence-electron chi connectivity index (χ1n) is 4.89. The molecule has 1 fully saturated rings. The average Bonchev–Trinajstić information content (AvgIpc) is 2.25. The predicted molar refractivity (Wildman–Crippen MR) is 55.3 cm³/mol. The minimum absolute atomic E-state index is 0.273. The first kappa shape index (κ1) is 11.9. The van der Waals surface area contributed by atoms with Gasteiger partial charge in [-0.15, -0.1) is 0 Å². The largest absolute Gasteiger partial charge is 0.328 e. The summed E-state index contributed by atoms with van der Waals surface area (Å²) >= 11 is 0. The molecule has 14 heavy (non-hydrogen) atoms. The highest BCUT2D eigenvalue weighted by atomic mass is 32.2. The molecule has 0 amide bonds. The molecule has 0 spiro atoms. The fourth-order valence-corrected chi connectivity index (χ4v) is 3.10. The van der Waals surface area contributed by atoms with Crippen LogP contribution in [0.3, 0.4) is 0 Å². The summed E-state index contributed by atoms with van der Waals surface area (Å²) < 4.78 is 27.3. The lowest BCUT2D eigenvalue weighted by atomic mass is 10.0. The third-order valence-corrected chi connectivity index (χ3v) is 3.72. The first-order valence-corrected chi connectivity index (χ1v) is 6.70. The summed E-state index contributed by atoms with van der Waals surface area (Å²) in [7, 11) is -3.40. The molecule has 2 atom stereocenters. The minimum Gasteiger partial charge on any atom is -0.328 e. The molecule has 4 nitrogen and oxygen atoms in total. The van der Waals surface area contributed by atoms with E-state index in [1.807, 2.05) is 0 Å². The van der Waals surface area contributed by atoms with Crippen molar-refractivity contribution >= 4 is 10.1 Å². The summed E-state index contributed by atoms with van der Waals surface area (Å²) in [6.45, 7) is 4.48. The van der Waals surface area contributed by atoms with E-state index in [-0.39, 0.29) is 6.54 Å². The third-order valence-electron chi connectivity index (χ3n) is 3.06. The van der Waals surface area contributed by atoms with Crippen LogP contribution in [-0.2, 0) is 14.3 Å². The van der Waals surface area contributed by atoms with Gasteiger partial charge in [0.2, 0.25) is 0 Å². The molecule has 1 aliphatic rings.